The van der Waals surface area contributed by atoms with Gasteiger partial charge in [0.2, 0.25) is 5.44 Å². The average molecular weight is 190 g/mol. The fraction of sp³-hybridized carbons (Fsp3) is 0.714. The zero-order valence-electron chi connectivity index (χ0n) is 6.90. The lowest BCUT2D eigenvalue weighted by atomic mass is 10.1. The maximum atomic E-state index is 11.2. The van der Waals surface area contributed by atoms with Gasteiger partial charge in [-0.3, -0.25) is 4.79 Å². The molecule has 0 amide bonds. The molecule has 4 nitrogen and oxygen atoms in total. The molecule has 2 atom stereocenters. The summed E-state index contributed by atoms with van der Waals surface area (Å²) in [6.07, 6.45) is -0.796. The summed E-state index contributed by atoms with van der Waals surface area (Å²) < 4.78 is 8.96. The van der Waals surface area contributed by atoms with Crippen LogP contribution in [0.15, 0.2) is 0 Å². The van der Waals surface area contributed by atoms with Crippen molar-refractivity contribution < 1.29 is 19.1 Å². The minimum Gasteiger partial charge on any atom is -0.438 e. The van der Waals surface area contributed by atoms with E-state index in [2.05, 4.69) is 4.74 Å². The van der Waals surface area contributed by atoms with Gasteiger partial charge in [-0.05, 0) is 0 Å². The minimum absolute atomic E-state index is 0.0235. The Morgan fingerprint density at radius 1 is 1.67 bits per heavy atom. The van der Waals surface area contributed by atoms with Gasteiger partial charge in [-0.25, -0.2) is 4.79 Å². The molecule has 0 saturated carbocycles. The summed E-state index contributed by atoms with van der Waals surface area (Å²) in [5.41, 5.74) is -0.660. The predicted molar refractivity (Wildman–Crippen MR) is 43.9 cm³/mol. The van der Waals surface area contributed by atoms with Crippen LogP contribution >= 0.6 is 11.8 Å². The Hall–Kier alpha value is -0.710. The van der Waals surface area contributed by atoms with Crippen molar-refractivity contribution >= 4 is 23.7 Å². The molecule has 2 unspecified atom stereocenters. The van der Waals surface area contributed by atoms with E-state index < -0.39 is 11.6 Å². The van der Waals surface area contributed by atoms with E-state index in [0.717, 1.165) is 0 Å². The van der Waals surface area contributed by atoms with E-state index in [1.807, 2.05) is 6.92 Å². The second-order valence-corrected chi connectivity index (χ2v) is 3.64. The van der Waals surface area contributed by atoms with Crippen molar-refractivity contribution in [1.29, 1.82) is 0 Å². The van der Waals surface area contributed by atoms with Crippen LogP contribution in [0.2, 0.25) is 0 Å². The number of Topliss-reactive ketones (excluding diaryl/α,β-unsaturated/α-hetero) is 1. The minimum atomic E-state index is -0.796. The molecule has 1 rings (SSSR count). The van der Waals surface area contributed by atoms with Gasteiger partial charge < -0.3 is 9.47 Å². The highest BCUT2D eigenvalue weighted by molar-refractivity contribution is 8.01. The van der Waals surface area contributed by atoms with E-state index in [4.69, 9.17) is 4.74 Å². The molecule has 1 fully saturated rings. The largest absolute Gasteiger partial charge is 0.509 e. The van der Waals surface area contributed by atoms with Crippen LogP contribution in [0.3, 0.4) is 0 Å². The summed E-state index contributed by atoms with van der Waals surface area (Å²) in [7, 11) is 1.22. The zero-order chi connectivity index (χ0) is 9.14. The molecule has 1 heterocycles. The Balaban J connectivity index is 2.44. The lowest BCUT2D eigenvalue weighted by Crippen LogP contribution is -2.22. The molecular formula is C7H10O4S. The Kier molecular flexibility index (Phi) is 2.97. The average Bonchev–Trinajstić information content (AvgIpc) is 2.36. The topological polar surface area (TPSA) is 52.6 Å². The number of ketones is 1. The van der Waals surface area contributed by atoms with Crippen molar-refractivity contribution in [3.63, 3.8) is 0 Å². The molecule has 0 aromatic carbocycles. The monoisotopic (exact) mass is 190 g/mol. The van der Waals surface area contributed by atoms with Gasteiger partial charge in [0.25, 0.3) is 0 Å². The van der Waals surface area contributed by atoms with E-state index in [0.29, 0.717) is 5.75 Å². The van der Waals surface area contributed by atoms with E-state index in [9.17, 15) is 9.59 Å². The number of hydrogen-bond donors (Lipinski definition) is 0. The second-order valence-electron chi connectivity index (χ2n) is 2.54. The van der Waals surface area contributed by atoms with Crippen LogP contribution in [0.4, 0.5) is 4.79 Å². The van der Waals surface area contributed by atoms with Crippen molar-refractivity contribution in [2.45, 2.75) is 12.4 Å². The molecule has 0 radical (unpaired) electrons. The summed E-state index contributed by atoms with van der Waals surface area (Å²) >= 11 is 1.33. The van der Waals surface area contributed by atoms with Gasteiger partial charge in [-0.15, -0.1) is 11.8 Å². The maximum absolute atomic E-state index is 11.2. The van der Waals surface area contributed by atoms with Gasteiger partial charge in [0.1, 0.15) is 0 Å². The van der Waals surface area contributed by atoms with Crippen molar-refractivity contribution in [3.05, 3.63) is 0 Å². The second kappa shape index (κ2) is 3.80. The molecule has 0 aliphatic carbocycles. The maximum Gasteiger partial charge on any atom is 0.509 e. The molecule has 0 aromatic rings. The lowest BCUT2D eigenvalue weighted by molar-refractivity contribution is -0.126. The van der Waals surface area contributed by atoms with Crippen LogP contribution < -0.4 is 0 Å². The summed E-state index contributed by atoms with van der Waals surface area (Å²) in [6, 6.07) is 0. The fourth-order valence-corrected chi connectivity index (χ4v) is 2.03. The zero-order valence-corrected chi connectivity index (χ0v) is 7.72. The van der Waals surface area contributed by atoms with E-state index in [1.54, 1.807) is 0 Å². The third-order valence-electron chi connectivity index (χ3n) is 1.59. The predicted octanol–water partition coefficient (Wildman–Crippen LogP) is 1.05. The van der Waals surface area contributed by atoms with Crippen LogP contribution in [0.5, 0.6) is 0 Å². The van der Waals surface area contributed by atoms with Crippen LogP contribution in [-0.2, 0) is 14.3 Å². The molecule has 1 saturated heterocycles. The van der Waals surface area contributed by atoms with E-state index in [-0.39, 0.29) is 11.7 Å². The highest BCUT2D eigenvalue weighted by atomic mass is 32.2. The molecule has 1 aliphatic rings. The van der Waals surface area contributed by atoms with Crippen LogP contribution in [-0.4, -0.2) is 30.2 Å². The first kappa shape index (κ1) is 9.38. The molecule has 5 heteroatoms. The number of rotatable bonds is 1. The lowest BCUT2D eigenvalue weighted by Gasteiger charge is -2.07. The standard InChI is InChI=1S/C7H10O4S/c1-4-3-12-6(5(4)8)11-7(9)10-2/h4,6H,3H2,1-2H3. The Labute approximate surface area is 74.6 Å². The van der Waals surface area contributed by atoms with Gasteiger partial charge in [-0.1, -0.05) is 6.92 Å². The van der Waals surface area contributed by atoms with Crippen molar-refractivity contribution in [2.24, 2.45) is 5.92 Å². The number of ether oxygens (including phenoxy) is 2. The Morgan fingerprint density at radius 2 is 2.33 bits per heavy atom. The highest BCUT2D eigenvalue weighted by Gasteiger charge is 2.34. The molecule has 68 valence electrons. The number of methoxy groups -OCH3 is 1. The Morgan fingerprint density at radius 3 is 2.75 bits per heavy atom. The van der Waals surface area contributed by atoms with E-state index in [1.165, 1.54) is 18.9 Å². The number of carbonyl (C=O) groups is 2. The normalized spacial score (nSPS) is 28.7. The molecule has 12 heavy (non-hydrogen) atoms. The summed E-state index contributed by atoms with van der Waals surface area (Å²) in [6.45, 7) is 1.82. The van der Waals surface area contributed by atoms with Crippen molar-refractivity contribution in [2.75, 3.05) is 12.9 Å². The molecule has 0 bridgehead atoms. The summed E-state index contributed by atoms with van der Waals surface area (Å²) in [5.74, 6) is 0.649. The first-order chi connectivity index (χ1) is 5.65. The van der Waals surface area contributed by atoms with Crippen LogP contribution in [0, 0.1) is 5.92 Å². The van der Waals surface area contributed by atoms with Gasteiger partial charge >= 0.3 is 6.16 Å². The van der Waals surface area contributed by atoms with E-state index >= 15 is 0 Å². The van der Waals surface area contributed by atoms with Crippen molar-refractivity contribution in [3.8, 4) is 0 Å². The smallest absolute Gasteiger partial charge is 0.438 e. The first-order valence-corrected chi connectivity index (χ1v) is 4.60. The highest BCUT2D eigenvalue weighted by Crippen LogP contribution is 2.28. The summed E-state index contributed by atoms with van der Waals surface area (Å²) in [5, 5.41) is 0. The van der Waals surface area contributed by atoms with Gasteiger partial charge in [-0.2, -0.15) is 0 Å². The molecular weight excluding hydrogens is 180 g/mol. The van der Waals surface area contributed by atoms with Gasteiger partial charge in [0, 0.05) is 11.7 Å². The SMILES string of the molecule is COC(=O)OC1SCC(C)C1=O. The quantitative estimate of drug-likeness (QED) is 0.578. The van der Waals surface area contributed by atoms with Crippen LogP contribution in [0.1, 0.15) is 6.92 Å². The third-order valence-corrected chi connectivity index (χ3v) is 2.91. The molecule has 0 spiro atoms. The molecule has 0 N–H and O–H groups in total. The Bertz CT molecular complexity index is 204. The van der Waals surface area contributed by atoms with Gasteiger partial charge in [0.15, 0.2) is 5.78 Å². The number of thioether (sulfide) groups is 1. The summed E-state index contributed by atoms with van der Waals surface area (Å²) in [4.78, 5) is 21.8. The molecule has 1 aliphatic heterocycles. The van der Waals surface area contributed by atoms with Gasteiger partial charge in [0.05, 0.1) is 7.11 Å². The first-order valence-electron chi connectivity index (χ1n) is 3.55. The van der Waals surface area contributed by atoms with Crippen molar-refractivity contribution in [1.82, 2.24) is 0 Å². The number of carbonyl (C=O) groups excluding carboxylic acids is 2. The third kappa shape index (κ3) is 1.91. The molecule has 0 aromatic heterocycles. The fourth-order valence-electron chi connectivity index (χ4n) is 0.856. The van der Waals surface area contributed by atoms with Crippen LogP contribution in [0.25, 0.3) is 0 Å². The number of hydrogen-bond acceptors (Lipinski definition) is 5.